The summed E-state index contributed by atoms with van der Waals surface area (Å²) in [6.07, 6.45) is -0.271. The van der Waals surface area contributed by atoms with E-state index in [4.69, 9.17) is 9.84 Å². The molecular formula is C13H26N2O4. The van der Waals surface area contributed by atoms with E-state index in [-0.39, 0.29) is 25.2 Å². The minimum Gasteiger partial charge on any atom is -0.444 e. The van der Waals surface area contributed by atoms with E-state index >= 15 is 0 Å². The molecule has 0 aromatic heterocycles. The van der Waals surface area contributed by atoms with E-state index in [9.17, 15) is 9.90 Å². The lowest BCUT2D eigenvalue weighted by atomic mass is 10.1. The lowest BCUT2D eigenvalue weighted by Crippen LogP contribution is -2.46. The molecule has 0 bridgehead atoms. The first kappa shape index (κ1) is 16.2. The maximum Gasteiger partial charge on any atom is 0.410 e. The zero-order valence-corrected chi connectivity index (χ0v) is 12.2. The first-order valence-electron chi connectivity index (χ1n) is 6.79. The monoisotopic (exact) mass is 274 g/mol. The average molecular weight is 274 g/mol. The first-order chi connectivity index (χ1) is 8.76. The maximum absolute atomic E-state index is 11.9. The van der Waals surface area contributed by atoms with E-state index in [0.29, 0.717) is 6.54 Å². The standard InChI is InChI=1S/C13H26N2O4/c1-5-9(8-16)14-10-6-15(7-11(10)17)12(18)19-13(2,3)4/h9-11,14,16-17H,5-8H2,1-4H3/t9?,10-,11-/m1/s1. The number of rotatable bonds is 4. The third kappa shape index (κ3) is 4.97. The fourth-order valence-electron chi connectivity index (χ4n) is 2.03. The number of ether oxygens (including phenoxy) is 1. The first-order valence-corrected chi connectivity index (χ1v) is 6.79. The highest BCUT2D eigenvalue weighted by Gasteiger charge is 2.36. The number of hydrogen-bond acceptors (Lipinski definition) is 5. The normalized spacial score (nSPS) is 25.5. The van der Waals surface area contributed by atoms with Gasteiger partial charge in [0.25, 0.3) is 0 Å². The van der Waals surface area contributed by atoms with Crippen molar-refractivity contribution in [1.29, 1.82) is 0 Å². The maximum atomic E-state index is 11.9. The SMILES string of the molecule is CCC(CO)N[C@@H]1CN(C(=O)OC(C)(C)C)C[C@H]1O. The van der Waals surface area contributed by atoms with Crippen molar-refractivity contribution in [2.24, 2.45) is 0 Å². The molecule has 3 N–H and O–H groups in total. The van der Waals surface area contributed by atoms with Crippen LogP contribution in [0.3, 0.4) is 0 Å². The Morgan fingerprint density at radius 2 is 2.11 bits per heavy atom. The van der Waals surface area contributed by atoms with Crippen molar-refractivity contribution in [3.8, 4) is 0 Å². The van der Waals surface area contributed by atoms with Gasteiger partial charge in [0.2, 0.25) is 0 Å². The molecule has 1 aliphatic heterocycles. The molecule has 1 fully saturated rings. The van der Waals surface area contributed by atoms with Gasteiger partial charge in [0.15, 0.2) is 0 Å². The highest BCUT2D eigenvalue weighted by molar-refractivity contribution is 5.68. The number of hydrogen-bond donors (Lipinski definition) is 3. The third-order valence-corrected chi connectivity index (χ3v) is 3.10. The molecule has 19 heavy (non-hydrogen) atoms. The van der Waals surface area contributed by atoms with Crippen molar-refractivity contribution < 1.29 is 19.7 Å². The molecule has 1 aliphatic rings. The molecule has 1 amide bonds. The Bertz CT molecular complexity index is 300. The summed E-state index contributed by atoms with van der Waals surface area (Å²) in [4.78, 5) is 13.4. The van der Waals surface area contributed by atoms with Crippen LogP contribution in [0.1, 0.15) is 34.1 Å². The van der Waals surface area contributed by atoms with Crippen LogP contribution in [-0.2, 0) is 4.74 Å². The van der Waals surface area contributed by atoms with Crippen LogP contribution in [0.2, 0.25) is 0 Å². The molecule has 6 nitrogen and oxygen atoms in total. The topological polar surface area (TPSA) is 82.0 Å². The molecular weight excluding hydrogens is 248 g/mol. The van der Waals surface area contributed by atoms with Crippen molar-refractivity contribution in [3.63, 3.8) is 0 Å². The van der Waals surface area contributed by atoms with Crippen LogP contribution >= 0.6 is 0 Å². The van der Waals surface area contributed by atoms with Crippen LogP contribution in [0.25, 0.3) is 0 Å². The molecule has 112 valence electrons. The molecule has 6 heteroatoms. The molecule has 3 atom stereocenters. The number of carbonyl (C=O) groups excluding carboxylic acids is 1. The smallest absolute Gasteiger partial charge is 0.410 e. The fraction of sp³-hybridized carbons (Fsp3) is 0.923. The van der Waals surface area contributed by atoms with Gasteiger partial charge in [-0.15, -0.1) is 0 Å². The van der Waals surface area contributed by atoms with Crippen LogP contribution in [0, 0.1) is 0 Å². The number of aliphatic hydroxyl groups is 2. The van der Waals surface area contributed by atoms with Crippen molar-refractivity contribution in [3.05, 3.63) is 0 Å². The Balaban J connectivity index is 2.52. The molecule has 0 spiro atoms. The Morgan fingerprint density at radius 3 is 2.58 bits per heavy atom. The van der Waals surface area contributed by atoms with Crippen LogP contribution in [0.5, 0.6) is 0 Å². The molecule has 0 radical (unpaired) electrons. The van der Waals surface area contributed by atoms with E-state index in [0.717, 1.165) is 6.42 Å². The van der Waals surface area contributed by atoms with Gasteiger partial charge in [-0.3, -0.25) is 0 Å². The van der Waals surface area contributed by atoms with Crippen molar-refractivity contribution >= 4 is 6.09 Å². The lowest BCUT2D eigenvalue weighted by Gasteiger charge is -2.25. The molecule has 0 aromatic carbocycles. The number of β-amino-alcohol motifs (C(OH)–C–C–N with tert-alkyl or cyclic N) is 1. The largest absolute Gasteiger partial charge is 0.444 e. The van der Waals surface area contributed by atoms with E-state index < -0.39 is 17.8 Å². The Kier molecular flexibility index (Phi) is 5.58. The Morgan fingerprint density at radius 1 is 1.47 bits per heavy atom. The highest BCUT2D eigenvalue weighted by Crippen LogP contribution is 2.16. The van der Waals surface area contributed by atoms with Gasteiger partial charge in [-0.25, -0.2) is 4.79 Å². The van der Waals surface area contributed by atoms with E-state index in [1.165, 1.54) is 4.90 Å². The van der Waals surface area contributed by atoms with Crippen molar-refractivity contribution in [2.45, 2.75) is 57.9 Å². The summed E-state index contributed by atoms with van der Waals surface area (Å²) >= 11 is 0. The summed E-state index contributed by atoms with van der Waals surface area (Å²) in [6, 6.07) is -0.275. The molecule has 1 rings (SSSR count). The number of nitrogens with zero attached hydrogens (tertiary/aromatic N) is 1. The van der Waals surface area contributed by atoms with Crippen LogP contribution in [0.4, 0.5) is 4.79 Å². The Labute approximate surface area is 114 Å². The quantitative estimate of drug-likeness (QED) is 0.688. The van der Waals surface area contributed by atoms with Gasteiger partial charge in [-0.1, -0.05) is 6.92 Å². The molecule has 1 heterocycles. The minimum atomic E-state index is -0.631. The van der Waals surface area contributed by atoms with Crippen molar-refractivity contribution in [2.75, 3.05) is 19.7 Å². The zero-order chi connectivity index (χ0) is 14.6. The minimum absolute atomic E-state index is 0.0200. The van der Waals surface area contributed by atoms with Gasteiger partial charge in [0.05, 0.1) is 25.3 Å². The molecule has 1 unspecified atom stereocenters. The molecule has 0 aromatic rings. The highest BCUT2D eigenvalue weighted by atomic mass is 16.6. The second kappa shape index (κ2) is 6.54. The van der Waals surface area contributed by atoms with Gasteiger partial charge < -0.3 is 25.2 Å². The lowest BCUT2D eigenvalue weighted by molar-refractivity contribution is 0.0270. The molecule has 0 saturated carbocycles. The van der Waals surface area contributed by atoms with Gasteiger partial charge in [0.1, 0.15) is 5.60 Å². The summed E-state index contributed by atoms with van der Waals surface area (Å²) in [5, 5.41) is 22.3. The average Bonchev–Trinajstić information content (AvgIpc) is 2.65. The number of amides is 1. The number of nitrogens with one attached hydrogen (secondary N) is 1. The number of likely N-dealkylation sites (tertiary alicyclic amines) is 1. The summed E-state index contributed by atoms with van der Waals surface area (Å²) in [5.74, 6) is 0. The van der Waals surface area contributed by atoms with Crippen LogP contribution < -0.4 is 5.32 Å². The van der Waals surface area contributed by atoms with Crippen LogP contribution in [0.15, 0.2) is 0 Å². The third-order valence-electron chi connectivity index (χ3n) is 3.10. The predicted octanol–water partition coefficient (Wildman–Crippen LogP) is 0.327. The summed E-state index contributed by atoms with van der Waals surface area (Å²) in [5.41, 5.74) is -0.537. The molecule has 1 saturated heterocycles. The summed E-state index contributed by atoms with van der Waals surface area (Å²) < 4.78 is 5.27. The van der Waals surface area contributed by atoms with E-state index in [2.05, 4.69) is 5.32 Å². The van der Waals surface area contributed by atoms with Crippen molar-refractivity contribution in [1.82, 2.24) is 10.2 Å². The van der Waals surface area contributed by atoms with Gasteiger partial charge in [-0.2, -0.15) is 0 Å². The Hall–Kier alpha value is -0.850. The summed E-state index contributed by atoms with van der Waals surface area (Å²) in [6.45, 7) is 8.07. The van der Waals surface area contributed by atoms with E-state index in [1.807, 2.05) is 27.7 Å². The number of carbonyl (C=O) groups is 1. The van der Waals surface area contributed by atoms with Gasteiger partial charge in [0, 0.05) is 12.6 Å². The summed E-state index contributed by atoms with van der Waals surface area (Å²) in [7, 11) is 0. The van der Waals surface area contributed by atoms with Crippen LogP contribution in [-0.4, -0.2) is 64.7 Å². The molecule has 0 aliphatic carbocycles. The zero-order valence-electron chi connectivity index (χ0n) is 12.2. The second-order valence-electron chi connectivity index (χ2n) is 6.01. The van der Waals surface area contributed by atoms with Gasteiger partial charge in [-0.05, 0) is 27.2 Å². The van der Waals surface area contributed by atoms with E-state index in [1.54, 1.807) is 0 Å². The fourth-order valence-corrected chi connectivity index (χ4v) is 2.03. The number of aliphatic hydroxyl groups excluding tert-OH is 2. The van der Waals surface area contributed by atoms with Gasteiger partial charge >= 0.3 is 6.09 Å². The predicted molar refractivity (Wildman–Crippen MR) is 71.9 cm³/mol. The second-order valence-corrected chi connectivity index (χ2v) is 6.01.